The SMILES string of the molecule is CNc1ncc(Br)cc1S(=O)(=O)NCc1ccn(C)n1. The van der Waals surface area contributed by atoms with Gasteiger partial charge >= 0.3 is 0 Å². The monoisotopic (exact) mass is 359 g/mol. The van der Waals surface area contributed by atoms with Crippen molar-refractivity contribution >= 4 is 31.8 Å². The van der Waals surface area contributed by atoms with Crippen molar-refractivity contribution in [2.45, 2.75) is 11.4 Å². The number of nitrogens with zero attached hydrogens (tertiary/aromatic N) is 3. The molecule has 0 aromatic carbocycles. The van der Waals surface area contributed by atoms with Gasteiger partial charge in [0.2, 0.25) is 10.0 Å². The average Bonchev–Trinajstić information content (AvgIpc) is 2.82. The maximum atomic E-state index is 12.3. The molecule has 0 aliphatic carbocycles. The summed E-state index contributed by atoms with van der Waals surface area (Å²) in [5.74, 6) is 0.293. The number of aryl methyl sites for hydroxylation is 1. The second-order valence-corrected chi connectivity index (χ2v) is 6.71. The van der Waals surface area contributed by atoms with E-state index < -0.39 is 10.0 Å². The molecule has 0 fully saturated rings. The smallest absolute Gasteiger partial charge is 0.244 e. The molecular formula is C11H14BrN5O2S. The zero-order chi connectivity index (χ0) is 14.8. The fraction of sp³-hybridized carbons (Fsp3) is 0.273. The Morgan fingerprint density at radius 3 is 2.80 bits per heavy atom. The van der Waals surface area contributed by atoms with Gasteiger partial charge < -0.3 is 5.32 Å². The summed E-state index contributed by atoms with van der Waals surface area (Å²) in [5.41, 5.74) is 0.644. The molecule has 2 N–H and O–H groups in total. The van der Waals surface area contributed by atoms with Crippen molar-refractivity contribution in [3.05, 3.63) is 34.7 Å². The number of sulfonamides is 1. The van der Waals surface area contributed by atoms with Gasteiger partial charge in [-0.2, -0.15) is 5.10 Å². The molecule has 0 saturated carbocycles. The molecule has 2 heterocycles. The first-order chi connectivity index (χ1) is 9.42. The number of hydrogen-bond acceptors (Lipinski definition) is 5. The van der Waals surface area contributed by atoms with Crippen molar-refractivity contribution in [1.82, 2.24) is 19.5 Å². The molecule has 0 spiro atoms. The maximum Gasteiger partial charge on any atom is 0.244 e. The third-order valence-electron chi connectivity index (χ3n) is 2.56. The number of hydrogen-bond donors (Lipinski definition) is 2. The molecule has 0 unspecified atom stereocenters. The number of pyridine rings is 1. The number of anilines is 1. The van der Waals surface area contributed by atoms with E-state index in [0.29, 0.717) is 16.0 Å². The van der Waals surface area contributed by atoms with Crippen molar-refractivity contribution in [3.63, 3.8) is 0 Å². The summed E-state index contributed by atoms with van der Waals surface area (Å²) in [5, 5.41) is 6.88. The van der Waals surface area contributed by atoms with E-state index in [0.717, 1.165) is 0 Å². The van der Waals surface area contributed by atoms with E-state index in [9.17, 15) is 8.42 Å². The summed E-state index contributed by atoms with van der Waals surface area (Å²) in [6, 6.07) is 3.25. The quantitative estimate of drug-likeness (QED) is 0.834. The summed E-state index contributed by atoms with van der Waals surface area (Å²) < 4.78 is 29.3. The third kappa shape index (κ3) is 3.35. The first-order valence-electron chi connectivity index (χ1n) is 5.74. The summed E-state index contributed by atoms with van der Waals surface area (Å²) in [4.78, 5) is 4.11. The zero-order valence-electron chi connectivity index (χ0n) is 11.0. The summed E-state index contributed by atoms with van der Waals surface area (Å²) >= 11 is 3.22. The summed E-state index contributed by atoms with van der Waals surface area (Å²) in [6.07, 6.45) is 3.28. The molecule has 2 rings (SSSR count). The minimum absolute atomic E-state index is 0.0882. The van der Waals surface area contributed by atoms with E-state index in [2.05, 4.69) is 36.1 Å². The number of aromatic nitrogens is 3. The average molecular weight is 360 g/mol. The first kappa shape index (κ1) is 14.9. The van der Waals surface area contributed by atoms with Crippen molar-refractivity contribution in [2.75, 3.05) is 12.4 Å². The Morgan fingerprint density at radius 2 is 2.20 bits per heavy atom. The predicted molar refractivity (Wildman–Crippen MR) is 78.7 cm³/mol. The van der Waals surface area contributed by atoms with E-state index in [4.69, 9.17) is 0 Å². The van der Waals surface area contributed by atoms with Gasteiger partial charge in [-0.05, 0) is 28.1 Å². The second-order valence-electron chi connectivity index (χ2n) is 4.06. The van der Waals surface area contributed by atoms with Crippen LogP contribution in [0.5, 0.6) is 0 Å². The molecule has 0 atom stereocenters. The molecule has 9 heteroatoms. The normalized spacial score (nSPS) is 11.6. The molecule has 108 valence electrons. The Hall–Kier alpha value is -1.45. The molecule has 0 aliphatic heterocycles. The third-order valence-corrected chi connectivity index (χ3v) is 4.41. The predicted octanol–water partition coefficient (Wildman–Crippen LogP) is 1.10. The lowest BCUT2D eigenvalue weighted by atomic mass is 10.4. The highest BCUT2D eigenvalue weighted by molar-refractivity contribution is 9.10. The van der Waals surface area contributed by atoms with Crippen LogP contribution in [-0.2, 0) is 23.6 Å². The second kappa shape index (κ2) is 5.90. The molecule has 0 radical (unpaired) electrons. The van der Waals surface area contributed by atoms with Crippen molar-refractivity contribution in [3.8, 4) is 0 Å². The fourth-order valence-corrected chi connectivity index (χ4v) is 3.29. The van der Waals surface area contributed by atoms with Crippen LogP contribution in [0.25, 0.3) is 0 Å². The molecule has 0 saturated heterocycles. The summed E-state index contributed by atoms with van der Waals surface area (Å²) in [6.45, 7) is 0.124. The van der Waals surface area contributed by atoms with Gasteiger partial charge in [-0.25, -0.2) is 18.1 Å². The Morgan fingerprint density at radius 1 is 1.45 bits per heavy atom. The Bertz CT molecular complexity index is 713. The van der Waals surface area contributed by atoms with Crippen LogP contribution in [0.1, 0.15) is 5.69 Å². The van der Waals surface area contributed by atoms with E-state index in [-0.39, 0.29) is 11.4 Å². The molecule has 0 amide bonds. The van der Waals surface area contributed by atoms with E-state index in [1.54, 1.807) is 31.0 Å². The number of rotatable bonds is 5. The minimum atomic E-state index is -3.67. The van der Waals surface area contributed by atoms with Gasteiger partial charge in [0.25, 0.3) is 0 Å². The minimum Gasteiger partial charge on any atom is -0.372 e. The molecule has 20 heavy (non-hydrogen) atoms. The van der Waals surface area contributed by atoms with E-state index >= 15 is 0 Å². The lowest BCUT2D eigenvalue weighted by Gasteiger charge is -2.10. The van der Waals surface area contributed by atoms with Crippen LogP contribution >= 0.6 is 15.9 Å². The highest BCUT2D eigenvalue weighted by Crippen LogP contribution is 2.22. The van der Waals surface area contributed by atoms with Crippen LogP contribution in [0.15, 0.2) is 33.9 Å². The fourth-order valence-electron chi connectivity index (χ4n) is 1.62. The molecule has 7 nitrogen and oxygen atoms in total. The standard InChI is InChI=1S/C11H14BrN5O2S/c1-13-11-10(5-8(12)6-14-11)20(18,19)15-7-9-3-4-17(2)16-9/h3-6,15H,7H2,1-2H3,(H,13,14). The maximum absolute atomic E-state index is 12.3. The zero-order valence-corrected chi connectivity index (χ0v) is 13.4. The van der Waals surface area contributed by atoms with Gasteiger partial charge in [-0.3, -0.25) is 4.68 Å². The topological polar surface area (TPSA) is 88.9 Å². The van der Waals surface area contributed by atoms with Crippen molar-refractivity contribution in [2.24, 2.45) is 7.05 Å². The van der Waals surface area contributed by atoms with Crippen LogP contribution in [0.3, 0.4) is 0 Å². The Labute approximate surface area is 125 Å². The van der Waals surface area contributed by atoms with Crippen molar-refractivity contribution < 1.29 is 8.42 Å². The highest BCUT2D eigenvalue weighted by atomic mass is 79.9. The highest BCUT2D eigenvalue weighted by Gasteiger charge is 2.19. The molecule has 2 aromatic rings. The van der Waals surface area contributed by atoms with Gasteiger partial charge in [0.1, 0.15) is 10.7 Å². The number of halogens is 1. The molecule has 0 bridgehead atoms. The van der Waals surface area contributed by atoms with Crippen LogP contribution in [-0.4, -0.2) is 30.2 Å². The van der Waals surface area contributed by atoms with Crippen LogP contribution in [0.2, 0.25) is 0 Å². The molecule has 2 aromatic heterocycles. The van der Waals surface area contributed by atoms with Gasteiger partial charge in [0.15, 0.2) is 0 Å². The van der Waals surface area contributed by atoms with E-state index in [1.807, 2.05) is 0 Å². The number of nitrogens with one attached hydrogen (secondary N) is 2. The van der Waals surface area contributed by atoms with Gasteiger partial charge in [0.05, 0.1) is 12.2 Å². The Kier molecular flexibility index (Phi) is 4.41. The van der Waals surface area contributed by atoms with Crippen molar-refractivity contribution in [1.29, 1.82) is 0 Å². The lowest BCUT2D eigenvalue weighted by Crippen LogP contribution is -2.24. The van der Waals surface area contributed by atoms with Gasteiger partial charge in [-0.1, -0.05) is 0 Å². The van der Waals surface area contributed by atoms with Crippen LogP contribution in [0.4, 0.5) is 5.82 Å². The first-order valence-corrected chi connectivity index (χ1v) is 8.01. The lowest BCUT2D eigenvalue weighted by molar-refractivity contribution is 0.579. The van der Waals surface area contributed by atoms with Crippen LogP contribution < -0.4 is 10.0 Å². The molecule has 0 aliphatic rings. The van der Waals surface area contributed by atoms with E-state index in [1.165, 1.54) is 12.3 Å². The largest absolute Gasteiger partial charge is 0.372 e. The van der Waals surface area contributed by atoms with Crippen LogP contribution in [0, 0.1) is 0 Å². The Balaban J connectivity index is 2.24. The van der Waals surface area contributed by atoms with Gasteiger partial charge in [-0.15, -0.1) is 0 Å². The van der Waals surface area contributed by atoms with Gasteiger partial charge in [0, 0.05) is 31.0 Å². The summed E-state index contributed by atoms with van der Waals surface area (Å²) in [7, 11) is -0.277. The molecular weight excluding hydrogens is 346 g/mol.